The first-order valence-corrected chi connectivity index (χ1v) is 9.31. The van der Waals surface area contributed by atoms with Crippen LogP contribution in [-0.4, -0.2) is 58.3 Å². The van der Waals surface area contributed by atoms with E-state index in [0.717, 1.165) is 25.3 Å². The van der Waals surface area contributed by atoms with E-state index < -0.39 is 10.0 Å². The van der Waals surface area contributed by atoms with Gasteiger partial charge in [0, 0.05) is 41.3 Å². The minimum atomic E-state index is -3.47. The maximum Gasteiger partial charge on any atom is 0.242 e. The molecule has 1 aromatic rings. The average molecular weight is 480 g/mol. The summed E-state index contributed by atoms with van der Waals surface area (Å²) < 4.78 is 26.1. The fourth-order valence-corrected chi connectivity index (χ4v) is 3.35. The summed E-state index contributed by atoms with van der Waals surface area (Å²) in [6.45, 7) is 4.96. The van der Waals surface area contributed by atoms with E-state index in [-0.39, 0.29) is 24.0 Å². The highest BCUT2D eigenvalue weighted by molar-refractivity contribution is 14.0. The second-order valence-electron chi connectivity index (χ2n) is 5.65. The highest BCUT2D eigenvalue weighted by atomic mass is 127. The van der Waals surface area contributed by atoms with Crippen LogP contribution in [0.2, 0.25) is 0 Å². The molecule has 0 saturated carbocycles. The lowest BCUT2D eigenvalue weighted by molar-refractivity contribution is 0.469. The minimum Gasteiger partial charge on any atom is -0.352 e. The van der Waals surface area contributed by atoms with Crippen molar-refractivity contribution in [3.05, 3.63) is 42.5 Å². The molecule has 0 spiro atoms. The number of guanidine groups is 1. The molecule has 0 aliphatic carbocycles. The number of unbranched alkanes of at least 4 members (excludes halogenated alkanes) is 1. The second kappa shape index (κ2) is 11.5. The Labute approximate surface area is 169 Å². The van der Waals surface area contributed by atoms with Gasteiger partial charge in [-0.1, -0.05) is 24.3 Å². The van der Waals surface area contributed by atoms with E-state index in [1.54, 1.807) is 19.2 Å². The van der Waals surface area contributed by atoms with Crippen LogP contribution in [0.15, 0.2) is 46.8 Å². The molecule has 8 heteroatoms. The largest absolute Gasteiger partial charge is 0.352 e. The number of rotatable bonds is 8. The quantitative estimate of drug-likeness (QED) is 0.204. The van der Waals surface area contributed by atoms with Gasteiger partial charge in [-0.15, -0.1) is 30.6 Å². The maximum atomic E-state index is 12.4. The number of allylic oxidation sites excluding steroid dienone is 1. The highest BCUT2D eigenvalue weighted by Crippen LogP contribution is 2.18. The van der Waals surface area contributed by atoms with E-state index in [9.17, 15) is 8.42 Å². The van der Waals surface area contributed by atoms with E-state index in [0.29, 0.717) is 17.0 Å². The van der Waals surface area contributed by atoms with Crippen molar-refractivity contribution >= 4 is 40.0 Å². The van der Waals surface area contributed by atoms with Crippen molar-refractivity contribution in [1.29, 1.82) is 0 Å². The lowest BCUT2D eigenvalue weighted by Crippen LogP contribution is -2.39. The van der Waals surface area contributed by atoms with Gasteiger partial charge in [0.1, 0.15) is 0 Å². The third-order valence-electron chi connectivity index (χ3n) is 3.64. The smallest absolute Gasteiger partial charge is 0.242 e. The summed E-state index contributed by atoms with van der Waals surface area (Å²) in [5, 5.41) is 3.23. The standard InChI is InChI=1S/C17H28N4O2S.HI/c1-6-7-10-13-21(5)17(18-2)19-14-15-11-8-9-12-16(15)24(22,23)20(3)4;/h6,8-9,11-12H,1,7,10,13-14H2,2-5H3,(H,18,19);1H. The Hall–Kier alpha value is -1.13. The Morgan fingerprint density at radius 3 is 2.48 bits per heavy atom. The van der Waals surface area contributed by atoms with Gasteiger partial charge in [-0.25, -0.2) is 12.7 Å². The molecule has 142 valence electrons. The summed E-state index contributed by atoms with van der Waals surface area (Å²) in [6, 6.07) is 7.01. The van der Waals surface area contributed by atoms with Gasteiger partial charge in [-0.3, -0.25) is 4.99 Å². The van der Waals surface area contributed by atoms with Gasteiger partial charge in [-0.05, 0) is 24.5 Å². The van der Waals surface area contributed by atoms with Gasteiger partial charge >= 0.3 is 0 Å². The van der Waals surface area contributed by atoms with E-state index in [1.807, 2.05) is 30.2 Å². The molecule has 0 aromatic heterocycles. The third-order valence-corrected chi connectivity index (χ3v) is 5.56. The second-order valence-corrected chi connectivity index (χ2v) is 7.77. The normalized spacial score (nSPS) is 11.8. The number of halogens is 1. The Morgan fingerprint density at radius 1 is 1.28 bits per heavy atom. The number of aliphatic imine (C=N–C) groups is 1. The first-order valence-electron chi connectivity index (χ1n) is 7.87. The molecule has 0 amide bonds. The topological polar surface area (TPSA) is 65.0 Å². The molecule has 0 radical (unpaired) electrons. The molecule has 0 fully saturated rings. The van der Waals surface area contributed by atoms with Crippen LogP contribution in [0.25, 0.3) is 0 Å². The lowest BCUT2D eigenvalue weighted by Gasteiger charge is -2.22. The van der Waals surface area contributed by atoms with Gasteiger partial charge in [0.2, 0.25) is 10.0 Å². The number of nitrogens with one attached hydrogen (secondary N) is 1. The fourth-order valence-electron chi connectivity index (χ4n) is 2.24. The Bertz CT molecular complexity index is 675. The Morgan fingerprint density at radius 2 is 1.92 bits per heavy atom. The predicted octanol–water partition coefficient (Wildman–Crippen LogP) is 2.53. The summed E-state index contributed by atoms with van der Waals surface area (Å²) in [5.74, 6) is 0.733. The molecular weight excluding hydrogens is 451 g/mol. The van der Waals surface area contributed by atoms with Gasteiger partial charge < -0.3 is 10.2 Å². The maximum absolute atomic E-state index is 12.4. The molecule has 0 aliphatic heterocycles. The van der Waals surface area contributed by atoms with Crippen molar-refractivity contribution < 1.29 is 8.42 Å². The molecule has 6 nitrogen and oxygen atoms in total. The number of benzene rings is 1. The monoisotopic (exact) mass is 480 g/mol. The van der Waals surface area contributed by atoms with E-state index in [2.05, 4.69) is 16.9 Å². The molecule has 0 unspecified atom stereocenters. The van der Waals surface area contributed by atoms with Crippen LogP contribution >= 0.6 is 24.0 Å². The van der Waals surface area contributed by atoms with Crippen molar-refractivity contribution in [3.8, 4) is 0 Å². The Balaban J connectivity index is 0.00000576. The van der Waals surface area contributed by atoms with Crippen LogP contribution in [0.1, 0.15) is 18.4 Å². The minimum absolute atomic E-state index is 0. The van der Waals surface area contributed by atoms with Gasteiger partial charge in [-0.2, -0.15) is 0 Å². The third kappa shape index (κ3) is 6.95. The molecule has 0 bridgehead atoms. The predicted molar refractivity (Wildman–Crippen MR) is 115 cm³/mol. The van der Waals surface area contributed by atoms with Crippen LogP contribution in [-0.2, 0) is 16.6 Å². The molecule has 0 aliphatic rings. The molecule has 0 heterocycles. The van der Waals surface area contributed by atoms with Gasteiger partial charge in [0.15, 0.2) is 5.96 Å². The first kappa shape index (κ1) is 23.9. The molecule has 1 aromatic carbocycles. The molecule has 1 rings (SSSR count). The number of sulfonamides is 1. The summed E-state index contributed by atoms with van der Waals surface area (Å²) in [7, 11) is 3.27. The van der Waals surface area contributed by atoms with E-state index in [1.165, 1.54) is 18.4 Å². The summed E-state index contributed by atoms with van der Waals surface area (Å²) >= 11 is 0. The summed E-state index contributed by atoms with van der Waals surface area (Å²) in [6.07, 6.45) is 3.84. The van der Waals surface area contributed by atoms with Gasteiger partial charge in [0.05, 0.1) is 4.90 Å². The van der Waals surface area contributed by atoms with Crippen LogP contribution in [0.5, 0.6) is 0 Å². The zero-order chi connectivity index (χ0) is 18.2. The molecule has 1 N–H and O–H groups in total. The van der Waals surface area contributed by atoms with Crippen molar-refractivity contribution in [1.82, 2.24) is 14.5 Å². The molecule has 25 heavy (non-hydrogen) atoms. The van der Waals surface area contributed by atoms with Crippen LogP contribution in [0.3, 0.4) is 0 Å². The summed E-state index contributed by atoms with van der Waals surface area (Å²) in [4.78, 5) is 6.59. The van der Waals surface area contributed by atoms with Gasteiger partial charge in [0.25, 0.3) is 0 Å². The molecule has 0 atom stereocenters. The fraction of sp³-hybridized carbons (Fsp3) is 0.471. The lowest BCUT2D eigenvalue weighted by atomic mass is 10.2. The van der Waals surface area contributed by atoms with Crippen LogP contribution < -0.4 is 5.32 Å². The van der Waals surface area contributed by atoms with Crippen LogP contribution in [0.4, 0.5) is 0 Å². The number of hydrogen-bond donors (Lipinski definition) is 1. The van der Waals surface area contributed by atoms with Crippen molar-refractivity contribution in [2.75, 3.05) is 34.7 Å². The van der Waals surface area contributed by atoms with E-state index in [4.69, 9.17) is 0 Å². The summed E-state index contributed by atoms with van der Waals surface area (Å²) in [5.41, 5.74) is 0.715. The van der Waals surface area contributed by atoms with E-state index >= 15 is 0 Å². The number of hydrogen-bond acceptors (Lipinski definition) is 3. The zero-order valence-corrected chi connectivity index (χ0v) is 18.5. The first-order chi connectivity index (χ1) is 11.3. The highest BCUT2D eigenvalue weighted by Gasteiger charge is 2.20. The van der Waals surface area contributed by atoms with Crippen molar-refractivity contribution in [2.24, 2.45) is 4.99 Å². The van der Waals surface area contributed by atoms with Crippen molar-refractivity contribution in [3.63, 3.8) is 0 Å². The molecular formula is C17H29IN4O2S. The Kier molecular flexibility index (Phi) is 11.0. The SMILES string of the molecule is C=CCCCN(C)C(=NC)NCc1ccccc1S(=O)(=O)N(C)C.I. The number of nitrogens with zero attached hydrogens (tertiary/aromatic N) is 3. The zero-order valence-electron chi connectivity index (χ0n) is 15.4. The molecule has 0 saturated heterocycles. The van der Waals surface area contributed by atoms with Crippen molar-refractivity contribution in [2.45, 2.75) is 24.3 Å². The van der Waals surface area contributed by atoms with Crippen LogP contribution in [0, 0.1) is 0 Å². The average Bonchev–Trinajstić information content (AvgIpc) is 2.55.